The zero-order valence-electron chi connectivity index (χ0n) is 12.4. The highest BCUT2D eigenvalue weighted by molar-refractivity contribution is 5.59. The molecular weight excluding hydrogens is 228 g/mol. The van der Waals surface area contributed by atoms with E-state index in [2.05, 4.69) is 20.8 Å². The smallest absolute Gasteiger partial charge is 0.434 e. The first kappa shape index (κ1) is 17.3. The van der Waals surface area contributed by atoms with Crippen molar-refractivity contribution in [1.29, 1.82) is 0 Å². The van der Waals surface area contributed by atoms with Crippen molar-refractivity contribution in [2.75, 3.05) is 13.2 Å². The molecule has 0 aliphatic carbocycles. The second-order valence-corrected chi connectivity index (χ2v) is 4.89. The van der Waals surface area contributed by atoms with Crippen molar-refractivity contribution in [3.05, 3.63) is 0 Å². The molecule has 0 rings (SSSR count). The summed E-state index contributed by atoms with van der Waals surface area (Å²) in [5, 5.41) is 0. The molecule has 0 aliphatic rings. The van der Waals surface area contributed by atoms with Gasteiger partial charge in [-0.3, -0.25) is 0 Å². The number of carbonyl (C=O) groups is 1. The zero-order chi connectivity index (χ0) is 13.6. The molecule has 0 fully saturated rings. The molecule has 0 aromatic rings. The molecule has 1 unspecified atom stereocenters. The number of rotatable bonds is 11. The summed E-state index contributed by atoms with van der Waals surface area (Å²) in [7, 11) is 0. The maximum absolute atomic E-state index is 11.3. The molecule has 0 radical (unpaired) electrons. The van der Waals surface area contributed by atoms with Crippen LogP contribution in [0.4, 0.5) is 4.79 Å². The molecule has 0 aromatic carbocycles. The number of hydrogen-bond acceptors (Lipinski definition) is 3. The van der Waals surface area contributed by atoms with Crippen LogP contribution in [-0.4, -0.2) is 19.4 Å². The Morgan fingerprint density at radius 1 is 0.944 bits per heavy atom. The monoisotopic (exact) mass is 258 g/mol. The van der Waals surface area contributed by atoms with E-state index < -0.39 is 6.16 Å². The van der Waals surface area contributed by atoms with Crippen LogP contribution in [-0.2, 0) is 9.47 Å². The van der Waals surface area contributed by atoms with Gasteiger partial charge in [-0.1, -0.05) is 59.3 Å². The first-order valence-corrected chi connectivity index (χ1v) is 7.54. The molecule has 0 aliphatic heterocycles. The van der Waals surface area contributed by atoms with Crippen LogP contribution in [0.1, 0.15) is 72.1 Å². The van der Waals surface area contributed by atoms with Crippen LogP contribution in [0.15, 0.2) is 0 Å². The minimum Gasteiger partial charge on any atom is -0.434 e. The van der Waals surface area contributed by atoms with Crippen LogP contribution in [0.5, 0.6) is 0 Å². The van der Waals surface area contributed by atoms with E-state index in [0.717, 1.165) is 25.7 Å². The second-order valence-electron chi connectivity index (χ2n) is 4.89. The summed E-state index contributed by atoms with van der Waals surface area (Å²) in [5.74, 6) is 0.484. The van der Waals surface area contributed by atoms with E-state index in [1.54, 1.807) is 0 Å². The minimum absolute atomic E-state index is 0.484. The number of hydrogen-bond donors (Lipinski definition) is 0. The van der Waals surface area contributed by atoms with Crippen molar-refractivity contribution in [3.63, 3.8) is 0 Å². The van der Waals surface area contributed by atoms with E-state index >= 15 is 0 Å². The first-order chi connectivity index (χ1) is 8.74. The average molecular weight is 258 g/mol. The summed E-state index contributed by atoms with van der Waals surface area (Å²) in [4.78, 5) is 11.3. The van der Waals surface area contributed by atoms with Gasteiger partial charge in [0.05, 0.1) is 13.2 Å². The van der Waals surface area contributed by atoms with E-state index in [9.17, 15) is 4.79 Å². The van der Waals surface area contributed by atoms with Crippen LogP contribution in [0.25, 0.3) is 0 Å². The van der Waals surface area contributed by atoms with E-state index in [1.807, 2.05) is 0 Å². The van der Waals surface area contributed by atoms with Crippen LogP contribution >= 0.6 is 0 Å². The number of unbranched alkanes of at least 4 members (excludes halogenated alkanes) is 4. The van der Waals surface area contributed by atoms with Gasteiger partial charge in [0, 0.05) is 0 Å². The fourth-order valence-electron chi connectivity index (χ4n) is 1.81. The third-order valence-electron chi connectivity index (χ3n) is 3.20. The van der Waals surface area contributed by atoms with E-state index in [4.69, 9.17) is 9.47 Å². The maximum Gasteiger partial charge on any atom is 0.508 e. The highest BCUT2D eigenvalue weighted by Gasteiger charge is 2.10. The molecule has 108 valence electrons. The maximum atomic E-state index is 11.3. The van der Waals surface area contributed by atoms with Gasteiger partial charge in [0.15, 0.2) is 0 Å². The van der Waals surface area contributed by atoms with Gasteiger partial charge < -0.3 is 9.47 Å². The Bertz CT molecular complexity index is 192. The quantitative estimate of drug-likeness (QED) is 0.389. The molecule has 0 bridgehead atoms. The van der Waals surface area contributed by atoms with Crippen LogP contribution in [0.2, 0.25) is 0 Å². The molecule has 3 heteroatoms. The van der Waals surface area contributed by atoms with Crippen molar-refractivity contribution in [1.82, 2.24) is 0 Å². The highest BCUT2D eigenvalue weighted by atomic mass is 16.7. The highest BCUT2D eigenvalue weighted by Crippen LogP contribution is 2.13. The first-order valence-electron chi connectivity index (χ1n) is 7.54. The van der Waals surface area contributed by atoms with E-state index in [1.165, 1.54) is 25.7 Å². The Balaban J connectivity index is 3.49. The lowest BCUT2D eigenvalue weighted by molar-refractivity contribution is 0.0416. The van der Waals surface area contributed by atoms with Crippen LogP contribution < -0.4 is 0 Å². The van der Waals surface area contributed by atoms with Gasteiger partial charge in [0.1, 0.15) is 0 Å². The summed E-state index contributed by atoms with van der Waals surface area (Å²) in [6, 6.07) is 0. The van der Waals surface area contributed by atoms with Crippen molar-refractivity contribution in [2.45, 2.75) is 72.1 Å². The Kier molecular flexibility index (Phi) is 12.2. The molecule has 0 N–H and O–H groups in total. The summed E-state index contributed by atoms with van der Waals surface area (Å²) >= 11 is 0. The van der Waals surface area contributed by atoms with Gasteiger partial charge in [-0.05, 0) is 18.8 Å². The van der Waals surface area contributed by atoms with E-state index in [0.29, 0.717) is 19.1 Å². The molecule has 3 nitrogen and oxygen atoms in total. The molecular formula is C15H30O3. The van der Waals surface area contributed by atoms with Crippen molar-refractivity contribution in [2.24, 2.45) is 5.92 Å². The third kappa shape index (κ3) is 10.4. The molecule has 0 heterocycles. The Morgan fingerprint density at radius 3 is 2.28 bits per heavy atom. The van der Waals surface area contributed by atoms with Crippen LogP contribution in [0, 0.1) is 5.92 Å². The van der Waals surface area contributed by atoms with Gasteiger partial charge in [-0.2, -0.15) is 0 Å². The van der Waals surface area contributed by atoms with E-state index in [-0.39, 0.29) is 0 Å². The topological polar surface area (TPSA) is 35.5 Å². The van der Waals surface area contributed by atoms with Gasteiger partial charge in [0.2, 0.25) is 0 Å². The lowest BCUT2D eigenvalue weighted by Crippen LogP contribution is -2.15. The third-order valence-corrected chi connectivity index (χ3v) is 3.20. The molecule has 0 spiro atoms. The normalized spacial score (nSPS) is 12.2. The Labute approximate surface area is 112 Å². The fourth-order valence-corrected chi connectivity index (χ4v) is 1.81. The number of carbonyl (C=O) groups excluding carboxylic acids is 1. The largest absolute Gasteiger partial charge is 0.508 e. The zero-order valence-corrected chi connectivity index (χ0v) is 12.4. The van der Waals surface area contributed by atoms with Gasteiger partial charge in [-0.25, -0.2) is 4.79 Å². The Hall–Kier alpha value is -0.730. The van der Waals surface area contributed by atoms with Gasteiger partial charge >= 0.3 is 6.16 Å². The molecule has 18 heavy (non-hydrogen) atoms. The molecule has 0 amide bonds. The predicted molar refractivity (Wildman–Crippen MR) is 74.7 cm³/mol. The van der Waals surface area contributed by atoms with Crippen molar-refractivity contribution < 1.29 is 14.3 Å². The summed E-state index contributed by atoms with van der Waals surface area (Å²) < 4.78 is 10.2. The predicted octanol–water partition coefficient (Wildman–Crippen LogP) is 4.94. The summed E-state index contributed by atoms with van der Waals surface area (Å²) in [6.45, 7) is 7.48. The SMILES string of the molecule is CCCCCCOC(=O)OCC(CC)CCCC. The fraction of sp³-hybridized carbons (Fsp3) is 0.933. The lowest BCUT2D eigenvalue weighted by atomic mass is 10.0. The second kappa shape index (κ2) is 12.7. The lowest BCUT2D eigenvalue weighted by Gasteiger charge is -2.14. The molecule has 0 saturated carbocycles. The van der Waals surface area contributed by atoms with Crippen molar-refractivity contribution in [3.8, 4) is 0 Å². The van der Waals surface area contributed by atoms with Crippen molar-refractivity contribution >= 4 is 6.16 Å². The number of ether oxygens (including phenoxy) is 2. The molecule has 0 saturated heterocycles. The van der Waals surface area contributed by atoms with Gasteiger partial charge in [0.25, 0.3) is 0 Å². The summed E-state index contributed by atoms with van der Waals surface area (Å²) in [5.41, 5.74) is 0. The van der Waals surface area contributed by atoms with Gasteiger partial charge in [-0.15, -0.1) is 0 Å². The summed E-state index contributed by atoms with van der Waals surface area (Å²) in [6.07, 6.45) is 8.55. The van der Waals surface area contributed by atoms with Crippen LogP contribution in [0.3, 0.4) is 0 Å². The minimum atomic E-state index is -0.499. The average Bonchev–Trinajstić information content (AvgIpc) is 2.39. The molecule has 0 aromatic heterocycles. The Morgan fingerprint density at radius 2 is 1.67 bits per heavy atom. The standard InChI is InChI=1S/C15H30O3/c1-4-7-9-10-12-17-15(16)18-13-14(6-3)11-8-5-2/h14H,4-13H2,1-3H3. The molecule has 1 atom stereocenters.